The minimum absolute atomic E-state index is 0.108. The van der Waals surface area contributed by atoms with E-state index in [-0.39, 0.29) is 18.5 Å². The van der Waals surface area contributed by atoms with E-state index >= 15 is 0 Å². The van der Waals surface area contributed by atoms with E-state index in [1.54, 1.807) is 36.7 Å². The SMILES string of the molecule is Cc1cc(N)ccc1OCC(=O)Nc1ncccn1. The average molecular weight is 258 g/mol. The van der Waals surface area contributed by atoms with E-state index in [2.05, 4.69) is 15.3 Å². The highest BCUT2D eigenvalue weighted by Crippen LogP contribution is 2.19. The molecule has 0 aliphatic heterocycles. The monoisotopic (exact) mass is 258 g/mol. The van der Waals surface area contributed by atoms with Gasteiger partial charge in [-0.1, -0.05) is 0 Å². The minimum atomic E-state index is -0.317. The Morgan fingerprint density at radius 1 is 1.37 bits per heavy atom. The molecule has 2 rings (SSSR count). The zero-order chi connectivity index (χ0) is 13.7. The molecule has 0 saturated heterocycles. The molecule has 3 N–H and O–H groups in total. The molecule has 1 heterocycles. The van der Waals surface area contributed by atoms with Crippen LogP contribution >= 0.6 is 0 Å². The Morgan fingerprint density at radius 3 is 2.79 bits per heavy atom. The molecule has 0 bridgehead atoms. The number of anilines is 2. The molecular weight excluding hydrogens is 244 g/mol. The summed E-state index contributed by atoms with van der Waals surface area (Å²) in [6, 6.07) is 6.91. The van der Waals surface area contributed by atoms with Crippen LogP contribution in [0.2, 0.25) is 0 Å². The van der Waals surface area contributed by atoms with Gasteiger partial charge in [-0.2, -0.15) is 0 Å². The van der Waals surface area contributed by atoms with Crippen molar-refractivity contribution >= 4 is 17.5 Å². The van der Waals surface area contributed by atoms with Crippen molar-refractivity contribution in [2.45, 2.75) is 6.92 Å². The molecule has 6 nitrogen and oxygen atoms in total. The van der Waals surface area contributed by atoms with Gasteiger partial charge in [-0.05, 0) is 36.8 Å². The van der Waals surface area contributed by atoms with Crippen molar-refractivity contribution in [3.05, 3.63) is 42.2 Å². The van der Waals surface area contributed by atoms with Gasteiger partial charge in [0.1, 0.15) is 5.75 Å². The summed E-state index contributed by atoms with van der Waals surface area (Å²) in [5, 5.41) is 2.53. The van der Waals surface area contributed by atoms with Crippen LogP contribution in [-0.2, 0) is 4.79 Å². The lowest BCUT2D eigenvalue weighted by Gasteiger charge is -2.09. The van der Waals surface area contributed by atoms with E-state index in [1.807, 2.05) is 6.92 Å². The fraction of sp³-hybridized carbons (Fsp3) is 0.154. The van der Waals surface area contributed by atoms with Gasteiger partial charge in [0, 0.05) is 18.1 Å². The van der Waals surface area contributed by atoms with Gasteiger partial charge in [0.2, 0.25) is 5.95 Å². The zero-order valence-electron chi connectivity index (χ0n) is 10.5. The van der Waals surface area contributed by atoms with Crippen molar-refractivity contribution in [1.29, 1.82) is 0 Å². The molecule has 0 unspecified atom stereocenters. The number of nitrogens with two attached hydrogens (primary N) is 1. The van der Waals surface area contributed by atoms with Crippen molar-refractivity contribution in [3.63, 3.8) is 0 Å². The third-order valence-corrected chi connectivity index (χ3v) is 2.37. The fourth-order valence-electron chi connectivity index (χ4n) is 1.50. The highest BCUT2D eigenvalue weighted by Gasteiger charge is 2.06. The lowest BCUT2D eigenvalue weighted by atomic mass is 10.2. The molecule has 2 aromatic rings. The molecule has 6 heteroatoms. The standard InChI is InChI=1S/C13H14N4O2/c1-9-7-10(14)3-4-11(9)19-8-12(18)17-13-15-5-2-6-16-13/h2-7H,8,14H2,1H3,(H,15,16,17,18). The van der Waals surface area contributed by atoms with Gasteiger partial charge in [0.15, 0.2) is 6.61 Å². The number of benzene rings is 1. The molecule has 0 aliphatic carbocycles. The van der Waals surface area contributed by atoms with E-state index < -0.39 is 0 Å². The molecule has 0 radical (unpaired) electrons. The van der Waals surface area contributed by atoms with Gasteiger partial charge in [-0.15, -0.1) is 0 Å². The zero-order valence-corrected chi connectivity index (χ0v) is 10.5. The summed E-state index contributed by atoms with van der Waals surface area (Å²) in [6.45, 7) is 1.76. The van der Waals surface area contributed by atoms with E-state index in [0.717, 1.165) is 5.56 Å². The van der Waals surface area contributed by atoms with E-state index in [1.165, 1.54) is 0 Å². The van der Waals surface area contributed by atoms with Crippen molar-refractivity contribution in [1.82, 2.24) is 9.97 Å². The molecule has 1 aromatic heterocycles. The third kappa shape index (κ3) is 3.67. The van der Waals surface area contributed by atoms with E-state index in [9.17, 15) is 4.79 Å². The number of hydrogen-bond acceptors (Lipinski definition) is 5. The summed E-state index contributed by atoms with van der Waals surface area (Å²) < 4.78 is 5.40. The number of amides is 1. The number of nitrogens with zero attached hydrogens (tertiary/aromatic N) is 2. The Morgan fingerprint density at radius 2 is 2.11 bits per heavy atom. The number of aromatic nitrogens is 2. The lowest BCUT2D eigenvalue weighted by molar-refractivity contribution is -0.118. The Balaban J connectivity index is 1.90. The summed E-state index contributed by atoms with van der Waals surface area (Å²) in [6.07, 6.45) is 3.10. The van der Waals surface area contributed by atoms with Crippen LogP contribution in [0.25, 0.3) is 0 Å². The Kier molecular flexibility index (Phi) is 3.92. The second-order valence-electron chi connectivity index (χ2n) is 3.93. The quantitative estimate of drug-likeness (QED) is 0.809. The molecular formula is C13H14N4O2. The Bertz CT molecular complexity index is 572. The molecule has 1 aromatic carbocycles. The van der Waals surface area contributed by atoms with E-state index in [4.69, 9.17) is 10.5 Å². The van der Waals surface area contributed by atoms with Crippen molar-refractivity contribution in [2.24, 2.45) is 0 Å². The summed E-state index contributed by atoms with van der Waals surface area (Å²) in [4.78, 5) is 19.4. The number of aryl methyl sites for hydroxylation is 1. The minimum Gasteiger partial charge on any atom is -0.483 e. The molecule has 0 spiro atoms. The highest BCUT2D eigenvalue weighted by atomic mass is 16.5. The maximum absolute atomic E-state index is 11.6. The second kappa shape index (κ2) is 5.81. The highest BCUT2D eigenvalue weighted by molar-refractivity contribution is 5.90. The number of carbonyl (C=O) groups excluding carboxylic acids is 1. The van der Waals surface area contributed by atoms with Crippen LogP contribution in [0.4, 0.5) is 11.6 Å². The van der Waals surface area contributed by atoms with Crippen LogP contribution in [0.15, 0.2) is 36.7 Å². The smallest absolute Gasteiger partial charge is 0.264 e. The van der Waals surface area contributed by atoms with Crippen LogP contribution in [0.3, 0.4) is 0 Å². The van der Waals surface area contributed by atoms with Crippen LogP contribution in [0, 0.1) is 6.92 Å². The Labute approximate surface area is 110 Å². The van der Waals surface area contributed by atoms with Crippen LogP contribution < -0.4 is 15.8 Å². The van der Waals surface area contributed by atoms with Gasteiger partial charge in [0.25, 0.3) is 5.91 Å². The number of rotatable bonds is 4. The molecule has 0 saturated carbocycles. The summed E-state index contributed by atoms with van der Waals surface area (Å²) >= 11 is 0. The maximum atomic E-state index is 11.6. The van der Waals surface area contributed by atoms with Gasteiger partial charge < -0.3 is 10.5 Å². The lowest BCUT2D eigenvalue weighted by Crippen LogP contribution is -2.21. The molecule has 1 amide bonds. The van der Waals surface area contributed by atoms with Crippen molar-refractivity contribution in [2.75, 3.05) is 17.7 Å². The average Bonchev–Trinajstić information content (AvgIpc) is 2.39. The van der Waals surface area contributed by atoms with Gasteiger partial charge in [-0.3, -0.25) is 10.1 Å². The topological polar surface area (TPSA) is 90.1 Å². The number of nitrogen functional groups attached to an aromatic ring is 1. The summed E-state index contributed by atoms with van der Waals surface area (Å²) in [7, 11) is 0. The first-order valence-electron chi connectivity index (χ1n) is 5.71. The molecule has 0 aliphatic rings. The number of hydrogen-bond donors (Lipinski definition) is 2. The first-order valence-corrected chi connectivity index (χ1v) is 5.71. The molecule has 98 valence electrons. The van der Waals surface area contributed by atoms with Gasteiger partial charge in [0.05, 0.1) is 0 Å². The number of ether oxygens (including phenoxy) is 1. The van der Waals surface area contributed by atoms with E-state index in [0.29, 0.717) is 11.4 Å². The molecule has 19 heavy (non-hydrogen) atoms. The molecule has 0 atom stereocenters. The largest absolute Gasteiger partial charge is 0.483 e. The third-order valence-electron chi connectivity index (χ3n) is 2.37. The predicted molar refractivity (Wildman–Crippen MR) is 71.7 cm³/mol. The van der Waals surface area contributed by atoms with Crippen LogP contribution in [0.5, 0.6) is 5.75 Å². The predicted octanol–water partition coefficient (Wildman–Crippen LogP) is 1.38. The summed E-state index contributed by atoms with van der Waals surface area (Å²) in [5.41, 5.74) is 7.17. The second-order valence-corrected chi connectivity index (χ2v) is 3.93. The van der Waals surface area contributed by atoms with Crippen LogP contribution in [-0.4, -0.2) is 22.5 Å². The van der Waals surface area contributed by atoms with Crippen LogP contribution in [0.1, 0.15) is 5.56 Å². The van der Waals surface area contributed by atoms with Gasteiger partial charge in [-0.25, -0.2) is 9.97 Å². The maximum Gasteiger partial charge on any atom is 0.264 e. The molecule has 0 fully saturated rings. The number of carbonyl (C=O) groups is 1. The van der Waals surface area contributed by atoms with Crippen molar-refractivity contribution < 1.29 is 9.53 Å². The Hall–Kier alpha value is -2.63. The van der Waals surface area contributed by atoms with Gasteiger partial charge >= 0.3 is 0 Å². The summed E-state index contributed by atoms with van der Waals surface area (Å²) in [5.74, 6) is 0.561. The normalized spacial score (nSPS) is 9.95. The first-order chi connectivity index (χ1) is 9.15. The first kappa shape index (κ1) is 12.8. The number of nitrogens with one attached hydrogen (secondary N) is 1. The fourth-order valence-corrected chi connectivity index (χ4v) is 1.50. The van der Waals surface area contributed by atoms with Crippen molar-refractivity contribution in [3.8, 4) is 5.75 Å².